The van der Waals surface area contributed by atoms with Crippen LogP contribution in [0.1, 0.15) is 31.9 Å². The monoisotopic (exact) mass is 295 g/mol. The van der Waals surface area contributed by atoms with Crippen LogP contribution >= 0.6 is 0 Å². The summed E-state index contributed by atoms with van der Waals surface area (Å²) in [5.74, 6) is 5.66. The summed E-state index contributed by atoms with van der Waals surface area (Å²) in [7, 11) is -3.60. The van der Waals surface area contributed by atoms with Gasteiger partial charge in [-0.2, -0.15) is 13.1 Å². The van der Waals surface area contributed by atoms with Crippen molar-refractivity contribution in [2.24, 2.45) is 5.73 Å². The maximum absolute atomic E-state index is 12.0. The Morgan fingerprint density at radius 3 is 2.45 bits per heavy atom. The third-order valence-electron chi connectivity index (χ3n) is 2.25. The Bertz CT molecular complexity index is 635. The molecule has 0 saturated heterocycles. The molecule has 0 aromatic heterocycles. The molecule has 4 N–H and O–H groups in total. The number of hydrogen-bond acceptors (Lipinski definition) is 3. The van der Waals surface area contributed by atoms with Crippen molar-refractivity contribution in [3.63, 3.8) is 0 Å². The largest absolute Gasteiger partial charge is 0.320 e. The highest BCUT2D eigenvalue weighted by Gasteiger charge is 2.20. The van der Waals surface area contributed by atoms with Gasteiger partial charge in [0.05, 0.1) is 12.2 Å². The highest BCUT2D eigenvalue weighted by Crippen LogP contribution is 2.17. The lowest BCUT2D eigenvalue weighted by Gasteiger charge is -2.21. The topological polar surface area (TPSA) is 84.2 Å². The van der Waals surface area contributed by atoms with Gasteiger partial charge in [-0.15, -0.1) is 0 Å². The summed E-state index contributed by atoms with van der Waals surface area (Å²) in [6.45, 7) is 7.46. The molecule has 1 aromatic carbocycles. The Hall–Kier alpha value is -1.55. The number of hydrogen-bond donors (Lipinski definition) is 3. The van der Waals surface area contributed by atoms with Crippen LogP contribution in [0.15, 0.2) is 18.2 Å². The lowest BCUT2D eigenvalue weighted by atomic mass is 10.1. The Morgan fingerprint density at radius 2 is 1.95 bits per heavy atom. The van der Waals surface area contributed by atoms with Gasteiger partial charge in [-0.05, 0) is 51.5 Å². The number of anilines is 1. The predicted molar refractivity (Wildman–Crippen MR) is 82.5 cm³/mol. The van der Waals surface area contributed by atoms with E-state index in [1.807, 2.05) is 13.0 Å². The molecule has 110 valence electrons. The average Bonchev–Trinajstić information content (AvgIpc) is 2.26. The van der Waals surface area contributed by atoms with Crippen molar-refractivity contribution in [1.82, 2.24) is 4.72 Å². The van der Waals surface area contributed by atoms with Gasteiger partial charge in [-0.3, -0.25) is 4.72 Å². The van der Waals surface area contributed by atoms with E-state index in [1.165, 1.54) is 0 Å². The number of aryl methyl sites for hydroxylation is 1. The molecular formula is C14H21N3O2S. The van der Waals surface area contributed by atoms with Crippen molar-refractivity contribution in [3.05, 3.63) is 29.3 Å². The zero-order chi connectivity index (χ0) is 15.4. The lowest BCUT2D eigenvalue weighted by Crippen LogP contribution is -2.43. The second kappa shape index (κ2) is 6.27. The Labute approximate surface area is 121 Å². The normalized spacial score (nSPS) is 11.7. The molecule has 0 saturated carbocycles. The third-order valence-corrected chi connectivity index (χ3v) is 3.62. The second-order valence-electron chi connectivity index (χ2n) is 5.49. The van der Waals surface area contributed by atoms with E-state index in [0.29, 0.717) is 12.2 Å². The molecule has 0 spiro atoms. The first-order valence-corrected chi connectivity index (χ1v) is 7.72. The van der Waals surface area contributed by atoms with Crippen molar-refractivity contribution in [1.29, 1.82) is 0 Å². The molecule has 5 nitrogen and oxygen atoms in total. The predicted octanol–water partition coefficient (Wildman–Crippen LogP) is 1.35. The van der Waals surface area contributed by atoms with Crippen LogP contribution in [-0.2, 0) is 10.2 Å². The Morgan fingerprint density at radius 1 is 1.30 bits per heavy atom. The molecular weight excluding hydrogens is 274 g/mol. The van der Waals surface area contributed by atoms with Crippen molar-refractivity contribution >= 4 is 15.9 Å². The van der Waals surface area contributed by atoms with Crippen molar-refractivity contribution in [2.45, 2.75) is 33.2 Å². The fraction of sp³-hybridized carbons (Fsp3) is 0.429. The zero-order valence-electron chi connectivity index (χ0n) is 12.2. The maximum Gasteiger partial charge on any atom is 0.299 e. The summed E-state index contributed by atoms with van der Waals surface area (Å²) in [6.07, 6.45) is 0. The van der Waals surface area contributed by atoms with E-state index in [9.17, 15) is 8.42 Å². The molecule has 0 aliphatic heterocycles. The standard InChI is InChI=1S/C14H21N3O2S/c1-11-10-12(6-5-9-15)7-8-13(11)16-20(18,19)17-14(2,3)4/h7-8,10,16-17H,9,15H2,1-4H3. The van der Waals surface area contributed by atoms with Crippen LogP contribution in [0.3, 0.4) is 0 Å². The van der Waals surface area contributed by atoms with Gasteiger partial charge in [-0.1, -0.05) is 11.8 Å². The van der Waals surface area contributed by atoms with Gasteiger partial charge >= 0.3 is 0 Å². The van der Waals surface area contributed by atoms with Gasteiger partial charge in [0.1, 0.15) is 0 Å². The molecule has 1 rings (SSSR count). The molecule has 6 heteroatoms. The maximum atomic E-state index is 12.0. The Balaban J connectivity index is 2.94. The zero-order valence-corrected chi connectivity index (χ0v) is 13.1. The minimum Gasteiger partial charge on any atom is -0.320 e. The first kappa shape index (κ1) is 16.5. The van der Waals surface area contributed by atoms with Crippen LogP contribution in [0, 0.1) is 18.8 Å². The fourth-order valence-electron chi connectivity index (χ4n) is 1.58. The highest BCUT2D eigenvalue weighted by molar-refractivity contribution is 7.90. The first-order valence-electron chi connectivity index (χ1n) is 6.24. The summed E-state index contributed by atoms with van der Waals surface area (Å²) < 4.78 is 29.0. The van der Waals surface area contributed by atoms with E-state index in [1.54, 1.807) is 32.9 Å². The summed E-state index contributed by atoms with van der Waals surface area (Å²) >= 11 is 0. The molecule has 0 unspecified atom stereocenters. The van der Waals surface area contributed by atoms with Gasteiger partial charge < -0.3 is 5.73 Å². The van der Waals surface area contributed by atoms with Crippen LogP contribution in [-0.4, -0.2) is 20.5 Å². The summed E-state index contributed by atoms with van der Waals surface area (Å²) in [5.41, 5.74) is 6.91. The molecule has 20 heavy (non-hydrogen) atoms. The van der Waals surface area contributed by atoms with Crippen LogP contribution in [0.2, 0.25) is 0 Å². The van der Waals surface area contributed by atoms with Crippen LogP contribution < -0.4 is 15.2 Å². The number of benzene rings is 1. The van der Waals surface area contributed by atoms with Crippen LogP contribution in [0.25, 0.3) is 0 Å². The molecule has 0 amide bonds. The van der Waals surface area contributed by atoms with E-state index >= 15 is 0 Å². The SMILES string of the molecule is Cc1cc(C#CCN)ccc1NS(=O)(=O)NC(C)(C)C. The number of nitrogens with two attached hydrogens (primary N) is 1. The average molecular weight is 295 g/mol. The minimum absolute atomic E-state index is 0.295. The van der Waals surface area contributed by atoms with Crippen LogP contribution in [0.4, 0.5) is 5.69 Å². The minimum atomic E-state index is -3.60. The summed E-state index contributed by atoms with van der Waals surface area (Å²) in [4.78, 5) is 0. The molecule has 0 aliphatic carbocycles. The molecule has 0 heterocycles. The molecule has 0 atom stereocenters. The quantitative estimate of drug-likeness (QED) is 0.736. The van der Waals surface area contributed by atoms with Crippen molar-refractivity contribution in [2.75, 3.05) is 11.3 Å². The second-order valence-corrected chi connectivity index (χ2v) is 6.91. The van der Waals surface area contributed by atoms with Gasteiger partial charge in [0, 0.05) is 11.1 Å². The molecule has 0 radical (unpaired) electrons. The van der Waals surface area contributed by atoms with E-state index < -0.39 is 15.7 Å². The molecule has 1 aromatic rings. The van der Waals surface area contributed by atoms with Crippen molar-refractivity contribution in [3.8, 4) is 11.8 Å². The van der Waals surface area contributed by atoms with Crippen molar-refractivity contribution < 1.29 is 8.42 Å². The first-order chi connectivity index (χ1) is 9.13. The molecule has 0 fully saturated rings. The number of nitrogens with one attached hydrogen (secondary N) is 2. The summed E-state index contributed by atoms with van der Waals surface area (Å²) in [5, 5.41) is 0. The highest BCUT2D eigenvalue weighted by atomic mass is 32.2. The molecule has 0 bridgehead atoms. The van der Waals surface area contributed by atoms with Gasteiger partial charge in [0.15, 0.2) is 0 Å². The number of rotatable bonds is 3. The van der Waals surface area contributed by atoms with E-state index in [0.717, 1.165) is 11.1 Å². The summed E-state index contributed by atoms with van der Waals surface area (Å²) in [6, 6.07) is 5.26. The van der Waals surface area contributed by atoms with Gasteiger partial charge in [0.2, 0.25) is 0 Å². The van der Waals surface area contributed by atoms with Crippen LogP contribution in [0.5, 0.6) is 0 Å². The van der Waals surface area contributed by atoms with E-state index in [2.05, 4.69) is 21.3 Å². The molecule has 0 aliphatic rings. The third kappa shape index (κ3) is 5.61. The lowest BCUT2D eigenvalue weighted by molar-refractivity contribution is 0.494. The Kier molecular flexibility index (Phi) is 5.17. The van der Waals surface area contributed by atoms with Gasteiger partial charge in [0.25, 0.3) is 10.2 Å². The fourth-order valence-corrected chi connectivity index (χ4v) is 2.96. The van der Waals surface area contributed by atoms with E-state index in [-0.39, 0.29) is 0 Å². The van der Waals surface area contributed by atoms with E-state index in [4.69, 9.17) is 5.73 Å². The van der Waals surface area contributed by atoms with Gasteiger partial charge in [-0.25, -0.2) is 0 Å². The smallest absolute Gasteiger partial charge is 0.299 e.